The van der Waals surface area contributed by atoms with Crippen molar-refractivity contribution in [3.8, 4) is 11.1 Å². The Morgan fingerprint density at radius 2 is 1.27 bits per heavy atom. The van der Waals surface area contributed by atoms with Crippen LogP contribution >= 0.6 is 0 Å². The molecule has 252 valence electrons. The summed E-state index contributed by atoms with van der Waals surface area (Å²) in [6.45, 7) is 2.63. The van der Waals surface area contributed by atoms with Crippen LogP contribution < -0.4 is 16.0 Å². The number of ether oxygens (including phenoxy) is 2. The predicted molar refractivity (Wildman–Crippen MR) is 185 cm³/mol. The zero-order chi connectivity index (χ0) is 34.5. The number of methoxy groups -OCH3 is 2. The van der Waals surface area contributed by atoms with Gasteiger partial charge in [0.15, 0.2) is 0 Å². The van der Waals surface area contributed by atoms with Crippen LogP contribution in [-0.2, 0) is 32.2 Å². The summed E-state index contributed by atoms with van der Waals surface area (Å²) in [5.41, 5.74) is 5.44. The van der Waals surface area contributed by atoms with Gasteiger partial charge in [-0.1, -0.05) is 43.3 Å². The third-order valence-corrected chi connectivity index (χ3v) is 8.16. The van der Waals surface area contributed by atoms with Gasteiger partial charge in [-0.2, -0.15) is 0 Å². The lowest BCUT2D eigenvalue weighted by Crippen LogP contribution is -2.40. The second-order valence-corrected chi connectivity index (χ2v) is 11.4. The highest BCUT2D eigenvalue weighted by Crippen LogP contribution is 2.32. The van der Waals surface area contributed by atoms with Crippen molar-refractivity contribution in [3.05, 3.63) is 72.3 Å². The Hall–Kier alpha value is -6.18. The summed E-state index contributed by atoms with van der Waals surface area (Å²) in [6, 6.07) is 20.6. The second-order valence-electron chi connectivity index (χ2n) is 11.4. The summed E-state index contributed by atoms with van der Waals surface area (Å²) in [5, 5.41) is 11.5. The standard InChI is InChI=1S/C35H36N8O6/c1-4-13-43(31(45)18-38-35(47)49-3)19-29-40-27-12-8-23-15-21(6-10-25(23)33(27)42-29)20-5-9-24-22(14-20)7-11-26-32(24)41-28(39-26)16-36-30(44)17-37-34(46)48-2/h5-12,14-15H,4,13,16-19H2,1-3H3,(H,36,44)(H,37,46)(H,38,47)(H,39,41)(H,40,42). The van der Waals surface area contributed by atoms with Gasteiger partial charge in [0.25, 0.3) is 0 Å². The molecular weight excluding hydrogens is 628 g/mol. The Labute approximate surface area is 280 Å². The molecule has 0 aliphatic heterocycles. The molecule has 14 heteroatoms. The smallest absolute Gasteiger partial charge is 0.407 e. The summed E-state index contributed by atoms with van der Waals surface area (Å²) in [5.74, 6) is 0.676. The van der Waals surface area contributed by atoms with Crippen LogP contribution in [0.25, 0.3) is 54.7 Å². The van der Waals surface area contributed by atoms with Gasteiger partial charge in [-0.25, -0.2) is 19.6 Å². The predicted octanol–water partition coefficient (Wildman–Crippen LogP) is 4.48. The molecule has 0 saturated heterocycles. The monoisotopic (exact) mass is 664 g/mol. The number of benzene rings is 4. The Balaban J connectivity index is 1.20. The van der Waals surface area contributed by atoms with Gasteiger partial charge in [-0.05, 0) is 52.6 Å². The van der Waals surface area contributed by atoms with Crippen LogP contribution in [-0.4, -0.2) is 82.7 Å². The zero-order valence-corrected chi connectivity index (χ0v) is 27.3. The number of carbonyl (C=O) groups excluding carboxylic acids is 4. The van der Waals surface area contributed by atoms with E-state index < -0.39 is 12.2 Å². The van der Waals surface area contributed by atoms with E-state index in [4.69, 9.17) is 9.97 Å². The van der Waals surface area contributed by atoms with E-state index >= 15 is 0 Å². The summed E-state index contributed by atoms with van der Waals surface area (Å²) in [7, 11) is 2.49. The van der Waals surface area contributed by atoms with E-state index in [1.165, 1.54) is 14.2 Å². The Morgan fingerprint density at radius 1 is 0.714 bits per heavy atom. The number of rotatable bonds is 11. The average molecular weight is 665 g/mol. The quantitative estimate of drug-likeness (QED) is 0.134. The van der Waals surface area contributed by atoms with Gasteiger partial charge in [0, 0.05) is 17.3 Å². The fourth-order valence-corrected chi connectivity index (χ4v) is 5.77. The molecule has 0 fully saturated rings. The van der Waals surface area contributed by atoms with E-state index in [2.05, 4.69) is 71.8 Å². The van der Waals surface area contributed by atoms with Crippen LogP contribution in [0.15, 0.2) is 60.7 Å². The lowest BCUT2D eigenvalue weighted by molar-refractivity contribution is -0.131. The summed E-state index contributed by atoms with van der Waals surface area (Å²) in [6.07, 6.45) is -0.566. The SMILES string of the molecule is CCCN(Cc1nc2c(ccc3cc(-c4ccc5c(ccc6[nH]c(CNC(=O)CNC(=O)OC)nc65)c4)ccc32)[nH]1)C(=O)CNC(=O)OC. The third-order valence-electron chi connectivity index (χ3n) is 8.16. The third kappa shape index (κ3) is 7.22. The van der Waals surface area contributed by atoms with E-state index in [0.29, 0.717) is 18.2 Å². The molecule has 49 heavy (non-hydrogen) atoms. The lowest BCUT2D eigenvalue weighted by Gasteiger charge is -2.21. The van der Waals surface area contributed by atoms with Gasteiger partial charge in [0.1, 0.15) is 24.7 Å². The topological polar surface area (TPSA) is 183 Å². The molecule has 0 aliphatic carbocycles. The highest BCUT2D eigenvalue weighted by atomic mass is 16.5. The number of nitrogens with zero attached hydrogens (tertiary/aromatic N) is 3. The Bertz CT molecular complexity index is 2210. The van der Waals surface area contributed by atoms with E-state index in [9.17, 15) is 19.2 Å². The number of hydrogen-bond acceptors (Lipinski definition) is 8. The molecule has 4 amide bonds. The van der Waals surface area contributed by atoms with Crippen molar-refractivity contribution in [1.29, 1.82) is 0 Å². The van der Waals surface area contributed by atoms with Gasteiger partial charge in [-0.15, -0.1) is 0 Å². The van der Waals surface area contributed by atoms with Gasteiger partial charge in [0.05, 0.1) is 49.4 Å². The van der Waals surface area contributed by atoms with Crippen molar-refractivity contribution in [2.24, 2.45) is 0 Å². The number of amides is 4. The minimum atomic E-state index is -0.674. The van der Waals surface area contributed by atoms with Gasteiger partial charge < -0.3 is 40.3 Å². The van der Waals surface area contributed by atoms with Crippen molar-refractivity contribution in [2.45, 2.75) is 26.4 Å². The maximum Gasteiger partial charge on any atom is 0.407 e. The maximum absolute atomic E-state index is 12.8. The number of alkyl carbamates (subject to hydrolysis) is 2. The van der Waals surface area contributed by atoms with Gasteiger partial charge in [0.2, 0.25) is 11.8 Å². The largest absolute Gasteiger partial charge is 0.453 e. The van der Waals surface area contributed by atoms with Crippen LogP contribution in [0.1, 0.15) is 25.0 Å². The number of nitrogens with one attached hydrogen (secondary N) is 5. The van der Waals surface area contributed by atoms with Crippen LogP contribution in [0.3, 0.4) is 0 Å². The maximum atomic E-state index is 12.8. The minimum absolute atomic E-state index is 0.153. The van der Waals surface area contributed by atoms with E-state index in [0.717, 1.165) is 61.2 Å². The summed E-state index contributed by atoms with van der Waals surface area (Å²) >= 11 is 0. The molecule has 0 spiro atoms. The number of fused-ring (bicyclic) bond motifs is 6. The zero-order valence-electron chi connectivity index (χ0n) is 27.3. The molecule has 5 N–H and O–H groups in total. The highest BCUT2D eigenvalue weighted by molar-refractivity contribution is 6.07. The lowest BCUT2D eigenvalue weighted by atomic mass is 9.98. The molecule has 0 aliphatic rings. The molecule has 4 aromatic carbocycles. The molecule has 0 unspecified atom stereocenters. The van der Waals surface area contributed by atoms with Gasteiger partial charge >= 0.3 is 12.2 Å². The normalized spacial score (nSPS) is 11.2. The molecule has 0 radical (unpaired) electrons. The number of aromatic nitrogens is 4. The molecule has 2 heterocycles. The molecule has 6 aromatic rings. The molecule has 2 aromatic heterocycles. The Morgan fingerprint density at radius 3 is 1.84 bits per heavy atom. The molecule has 6 rings (SSSR count). The van der Waals surface area contributed by atoms with Gasteiger partial charge in [-0.3, -0.25) is 9.59 Å². The number of carbonyl (C=O) groups is 4. The van der Waals surface area contributed by atoms with Crippen LogP contribution in [0.5, 0.6) is 0 Å². The number of hydrogen-bond donors (Lipinski definition) is 5. The fraction of sp³-hybridized carbons (Fsp3) is 0.257. The van der Waals surface area contributed by atoms with Crippen LogP contribution in [0.2, 0.25) is 0 Å². The first-order valence-corrected chi connectivity index (χ1v) is 15.8. The highest BCUT2D eigenvalue weighted by Gasteiger charge is 2.17. The van der Waals surface area contributed by atoms with Crippen LogP contribution in [0, 0.1) is 0 Å². The Kier molecular flexibility index (Phi) is 9.55. The minimum Gasteiger partial charge on any atom is -0.453 e. The molecule has 0 bridgehead atoms. The van der Waals surface area contributed by atoms with Crippen molar-refractivity contribution < 1.29 is 28.7 Å². The van der Waals surface area contributed by atoms with Crippen molar-refractivity contribution in [2.75, 3.05) is 33.9 Å². The van der Waals surface area contributed by atoms with Crippen molar-refractivity contribution >= 4 is 67.6 Å². The first-order chi connectivity index (χ1) is 23.8. The average Bonchev–Trinajstić information content (AvgIpc) is 3.75. The van der Waals surface area contributed by atoms with Crippen molar-refractivity contribution in [3.63, 3.8) is 0 Å². The first-order valence-electron chi connectivity index (χ1n) is 15.8. The summed E-state index contributed by atoms with van der Waals surface area (Å²) < 4.78 is 9.05. The van der Waals surface area contributed by atoms with E-state index in [1.54, 1.807) is 4.90 Å². The summed E-state index contributed by atoms with van der Waals surface area (Å²) in [4.78, 5) is 65.3. The van der Waals surface area contributed by atoms with E-state index in [-0.39, 0.29) is 38.0 Å². The number of H-pyrrole nitrogens is 2. The number of imidazole rings is 2. The van der Waals surface area contributed by atoms with E-state index in [1.807, 2.05) is 31.2 Å². The molecule has 0 saturated carbocycles. The fourth-order valence-electron chi connectivity index (χ4n) is 5.77. The van der Waals surface area contributed by atoms with Crippen molar-refractivity contribution in [1.82, 2.24) is 40.8 Å². The first kappa shape index (κ1) is 32.7. The molecule has 14 nitrogen and oxygen atoms in total. The molecular formula is C35H36N8O6. The second kappa shape index (κ2) is 14.3. The number of aromatic amines is 2. The molecule has 0 atom stereocenters. The van der Waals surface area contributed by atoms with Crippen LogP contribution in [0.4, 0.5) is 9.59 Å².